The summed E-state index contributed by atoms with van der Waals surface area (Å²) in [6.07, 6.45) is 5.67. The zero-order valence-electron chi connectivity index (χ0n) is 7.61. The summed E-state index contributed by atoms with van der Waals surface area (Å²) >= 11 is 0. The highest BCUT2D eigenvalue weighted by Crippen LogP contribution is 2.31. The zero-order valence-corrected chi connectivity index (χ0v) is 7.61. The highest BCUT2D eigenvalue weighted by molar-refractivity contribution is 4.69. The third-order valence-corrected chi connectivity index (χ3v) is 1.77. The molecule has 0 spiro atoms. The molecule has 1 fully saturated rings. The zero-order chi connectivity index (χ0) is 7.82. The van der Waals surface area contributed by atoms with Gasteiger partial charge in [0.1, 0.15) is 0 Å². The topological polar surface area (TPSA) is 12.0 Å². The third-order valence-electron chi connectivity index (χ3n) is 1.77. The molecule has 1 saturated carbocycles. The number of hydrogen-bond donors (Lipinski definition) is 1. The lowest BCUT2D eigenvalue weighted by Gasteiger charge is -1.84. The number of rotatable bonds is 3. The van der Waals surface area contributed by atoms with Crippen LogP contribution < -0.4 is 5.32 Å². The van der Waals surface area contributed by atoms with Gasteiger partial charge in [-0.1, -0.05) is 33.1 Å². The Balaban J connectivity index is 0.000000162. The van der Waals surface area contributed by atoms with Crippen LogP contribution in [0.15, 0.2) is 0 Å². The first-order chi connectivity index (χ1) is 4.85. The first-order valence-electron chi connectivity index (χ1n) is 4.49. The van der Waals surface area contributed by atoms with Gasteiger partial charge in [0.05, 0.1) is 0 Å². The van der Waals surface area contributed by atoms with Gasteiger partial charge in [0, 0.05) is 0 Å². The predicted octanol–water partition coefficient (Wildman–Crippen LogP) is 2.42. The van der Waals surface area contributed by atoms with Crippen molar-refractivity contribution >= 4 is 0 Å². The highest BCUT2D eigenvalue weighted by Gasteiger charge is 2.17. The summed E-state index contributed by atoms with van der Waals surface area (Å²) in [5.74, 6) is 1.13. The third kappa shape index (κ3) is 7.96. The lowest BCUT2D eigenvalue weighted by molar-refractivity contribution is 0.772. The van der Waals surface area contributed by atoms with Crippen LogP contribution in [0.3, 0.4) is 0 Å². The normalized spacial score (nSPS) is 15.9. The lowest BCUT2D eigenvalue weighted by Crippen LogP contribution is -2.04. The van der Waals surface area contributed by atoms with E-state index in [4.69, 9.17) is 0 Å². The van der Waals surface area contributed by atoms with Gasteiger partial charge in [0.25, 0.3) is 0 Å². The molecule has 0 aromatic rings. The highest BCUT2D eigenvalue weighted by atomic mass is 14.8. The maximum absolute atomic E-state index is 3.02. The van der Waals surface area contributed by atoms with E-state index in [2.05, 4.69) is 19.2 Å². The minimum absolute atomic E-state index is 1.13. The maximum atomic E-state index is 3.02. The fourth-order valence-corrected chi connectivity index (χ4v) is 0.776. The van der Waals surface area contributed by atoms with Gasteiger partial charge in [-0.2, -0.15) is 0 Å². The van der Waals surface area contributed by atoms with Crippen molar-refractivity contribution in [3.05, 3.63) is 0 Å². The second-order valence-electron chi connectivity index (χ2n) is 2.96. The summed E-state index contributed by atoms with van der Waals surface area (Å²) in [5, 5.41) is 3.02. The monoisotopic (exact) mass is 143 g/mol. The van der Waals surface area contributed by atoms with Crippen LogP contribution in [0.2, 0.25) is 0 Å². The Morgan fingerprint density at radius 3 is 1.90 bits per heavy atom. The molecule has 1 heteroatoms. The van der Waals surface area contributed by atoms with E-state index in [9.17, 15) is 0 Å². The molecule has 10 heavy (non-hydrogen) atoms. The minimum Gasteiger partial charge on any atom is -0.320 e. The van der Waals surface area contributed by atoms with E-state index < -0.39 is 0 Å². The molecular formula is C9H21N. The van der Waals surface area contributed by atoms with E-state index in [1.165, 1.54) is 25.7 Å². The van der Waals surface area contributed by atoms with Gasteiger partial charge in [0.2, 0.25) is 0 Å². The Morgan fingerprint density at radius 1 is 1.30 bits per heavy atom. The molecule has 62 valence electrons. The van der Waals surface area contributed by atoms with Crippen molar-refractivity contribution in [2.75, 3.05) is 13.6 Å². The molecular weight excluding hydrogens is 122 g/mol. The summed E-state index contributed by atoms with van der Waals surface area (Å²) in [6, 6.07) is 0. The van der Waals surface area contributed by atoms with E-state index in [0.717, 1.165) is 12.5 Å². The standard InChI is InChI=1S/C5H10.C4H11N/c1-2-5-3-4-5;1-3-4-5-2/h5H,2-4H2,1H3;5H,3-4H2,1-2H3. The van der Waals surface area contributed by atoms with Crippen LogP contribution in [-0.4, -0.2) is 13.6 Å². The molecule has 0 aliphatic heterocycles. The lowest BCUT2D eigenvalue weighted by atomic mass is 10.3. The molecule has 1 rings (SSSR count). The van der Waals surface area contributed by atoms with Crippen molar-refractivity contribution in [1.29, 1.82) is 0 Å². The summed E-state index contributed by atoms with van der Waals surface area (Å²) in [7, 11) is 1.96. The summed E-state index contributed by atoms with van der Waals surface area (Å²) in [5.41, 5.74) is 0. The molecule has 0 heterocycles. The fourth-order valence-electron chi connectivity index (χ4n) is 0.776. The van der Waals surface area contributed by atoms with Crippen LogP contribution in [0.5, 0.6) is 0 Å². The molecule has 0 atom stereocenters. The van der Waals surface area contributed by atoms with Crippen molar-refractivity contribution in [1.82, 2.24) is 5.32 Å². The number of nitrogens with one attached hydrogen (secondary N) is 1. The van der Waals surface area contributed by atoms with Crippen LogP contribution in [0.4, 0.5) is 0 Å². The van der Waals surface area contributed by atoms with E-state index in [-0.39, 0.29) is 0 Å². The first kappa shape index (κ1) is 9.96. The quantitative estimate of drug-likeness (QED) is 0.640. The Bertz CT molecular complexity index is 55.7. The van der Waals surface area contributed by atoms with Gasteiger partial charge in [-0.15, -0.1) is 0 Å². The van der Waals surface area contributed by atoms with Gasteiger partial charge >= 0.3 is 0 Å². The maximum Gasteiger partial charge on any atom is -0.00546 e. The first-order valence-corrected chi connectivity index (χ1v) is 4.49. The van der Waals surface area contributed by atoms with Crippen LogP contribution in [0.1, 0.15) is 39.5 Å². The van der Waals surface area contributed by atoms with Gasteiger partial charge < -0.3 is 5.32 Å². The molecule has 0 amide bonds. The van der Waals surface area contributed by atoms with Gasteiger partial charge in [0.15, 0.2) is 0 Å². The van der Waals surface area contributed by atoms with Crippen molar-refractivity contribution in [2.45, 2.75) is 39.5 Å². The second kappa shape index (κ2) is 7.07. The second-order valence-corrected chi connectivity index (χ2v) is 2.96. The Morgan fingerprint density at radius 2 is 1.90 bits per heavy atom. The Labute approximate surface area is 65.2 Å². The largest absolute Gasteiger partial charge is 0.320 e. The van der Waals surface area contributed by atoms with Crippen LogP contribution in [0.25, 0.3) is 0 Å². The van der Waals surface area contributed by atoms with Crippen molar-refractivity contribution < 1.29 is 0 Å². The molecule has 1 nitrogen and oxygen atoms in total. The van der Waals surface area contributed by atoms with Crippen molar-refractivity contribution in [3.8, 4) is 0 Å². The Hall–Kier alpha value is -0.0400. The predicted molar refractivity (Wildman–Crippen MR) is 47.2 cm³/mol. The van der Waals surface area contributed by atoms with Crippen LogP contribution in [0, 0.1) is 5.92 Å². The molecule has 0 radical (unpaired) electrons. The summed E-state index contributed by atoms with van der Waals surface area (Å²) < 4.78 is 0. The SMILES string of the molecule is CCC1CC1.CCCNC. The van der Waals surface area contributed by atoms with Crippen molar-refractivity contribution in [3.63, 3.8) is 0 Å². The van der Waals surface area contributed by atoms with E-state index in [0.29, 0.717) is 0 Å². The fraction of sp³-hybridized carbons (Fsp3) is 1.00. The molecule has 1 aliphatic carbocycles. The van der Waals surface area contributed by atoms with Crippen LogP contribution >= 0.6 is 0 Å². The molecule has 0 aromatic heterocycles. The molecule has 0 bridgehead atoms. The molecule has 0 aromatic carbocycles. The van der Waals surface area contributed by atoms with E-state index in [1.807, 2.05) is 7.05 Å². The van der Waals surface area contributed by atoms with E-state index in [1.54, 1.807) is 0 Å². The van der Waals surface area contributed by atoms with Crippen LogP contribution in [-0.2, 0) is 0 Å². The molecule has 0 unspecified atom stereocenters. The molecule has 1 N–H and O–H groups in total. The van der Waals surface area contributed by atoms with Crippen molar-refractivity contribution in [2.24, 2.45) is 5.92 Å². The van der Waals surface area contributed by atoms with E-state index >= 15 is 0 Å². The van der Waals surface area contributed by atoms with Gasteiger partial charge in [-0.25, -0.2) is 0 Å². The van der Waals surface area contributed by atoms with Gasteiger partial charge in [-0.05, 0) is 25.9 Å². The Kier molecular flexibility index (Phi) is 7.04. The number of hydrogen-bond acceptors (Lipinski definition) is 1. The average molecular weight is 143 g/mol. The summed E-state index contributed by atoms with van der Waals surface area (Å²) in [4.78, 5) is 0. The van der Waals surface area contributed by atoms with Gasteiger partial charge in [-0.3, -0.25) is 0 Å². The minimum atomic E-state index is 1.13. The smallest absolute Gasteiger partial charge is 0.00546 e. The molecule has 0 saturated heterocycles. The summed E-state index contributed by atoms with van der Waals surface area (Å²) in [6.45, 7) is 5.55. The molecule has 1 aliphatic rings. The average Bonchev–Trinajstić information content (AvgIpc) is 2.72.